The van der Waals surface area contributed by atoms with Crippen molar-refractivity contribution in [2.75, 3.05) is 19.6 Å². The molecule has 4 nitrogen and oxygen atoms in total. The maximum absolute atomic E-state index is 10.0. The predicted molar refractivity (Wildman–Crippen MR) is 43.3 cm³/mol. The molecular formula is C7H16N2O2. The highest BCUT2D eigenvalue weighted by molar-refractivity contribution is 5.66. The van der Waals surface area contributed by atoms with Crippen molar-refractivity contribution in [2.24, 2.45) is 11.7 Å². The third kappa shape index (κ3) is 7.29. The maximum atomic E-state index is 10.0. The van der Waals surface area contributed by atoms with E-state index in [2.05, 4.69) is 5.32 Å². The number of rotatable bonds is 6. The summed E-state index contributed by atoms with van der Waals surface area (Å²) in [6.07, 6.45) is 0.178. The average molecular weight is 160 g/mol. The molecule has 0 spiro atoms. The zero-order valence-electron chi connectivity index (χ0n) is 6.84. The molecule has 0 radical (unpaired) electrons. The minimum atomic E-state index is -0.766. The Morgan fingerprint density at radius 3 is 2.82 bits per heavy atom. The minimum absolute atomic E-state index is 0.178. The smallest absolute Gasteiger partial charge is 0.304 e. The lowest BCUT2D eigenvalue weighted by atomic mass is 10.2. The molecule has 0 saturated heterocycles. The van der Waals surface area contributed by atoms with Crippen LogP contribution in [0.15, 0.2) is 0 Å². The second kappa shape index (κ2) is 6.12. The molecule has 0 aromatic heterocycles. The summed E-state index contributed by atoms with van der Waals surface area (Å²) in [5.74, 6) is -0.346. The summed E-state index contributed by atoms with van der Waals surface area (Å²) in [6, 6.07) is 0. The van der Waals surface area contributed by atoms with Gasteiger partial charge in [0.25, 0.3) is 0 Å². The van der Waals surface area contributed by atoms with Crippen molar-refractivity contribution in [3.63, 3.8) is 0 Å². The van der Waals surface area contributed by atoms with Crippen molar-refractivity contribution in [2.45, 2.75) is 13.3 Å². The highest BCUT2D eigenvalue weighted by atomic mass is 16.4. The first-order chi connectivity index (χ1) is 5.16. The van der Waals surface area contributed by atoms with Gasteiger partial charge in [0.05, 0.1) is 6.42 Å². The van der Waals surface area contributed by atoms with E-state index in [0.29, 0.717) is 19.0 Å². The fourth-order valence-electron chi connectivity index (χ4n) is 0.627. The molecule has 0 heterocycles. The van der Waals surface area contributed by atoms with Crippen molar-refractivity contribution in [3.05, 3.63) is 0 Å². The van der Waals surface area contributed by atoms with Crippen molar-refractivity contribution in [1.29, 1.82) is 0 Å². The number of carbonyl (C=O) groups is 1. The predicted octanol–water partition coefficient (Wildman–Crippen LogP) is -0.354. The third-order valence-electron chi connectivity index (χ3n) is 1.41. The van der Waals surface area contributed by atoms with Crippen LogP contribution in [0.1, 0.15) is 13.3 Å². The number of hydrogen-bond acceptors (Lipinski definition) is 3. The standard InChI is InChI=1S/C7H16N2O2/c1-6(4-8)5-9-3-2-7(10)11/h6,9H,2-5,8H2,1H3,(H,10,11). The normalized spacial score (nSPS) is 12.9. The molecule has 0 aromatic carbocycles. The van der Waals surface area contributed by atoms with E-state index in [4.69, 9.17) is 10.8 Å². The highest BCUT2D eigenvalue weighted by Gasteiger charge is 1.98. The molecule has 0 rings (SSSR count). The van der Waals surface area contributed by atoms with Gasteiger partial charge in [-0.15, -0.1) is 0 Å². The Morgan fingerprint density at radius 1 is 1.73 bits per heavy atom. The Bertz CT molecular complexity index is 117. The van der Waals surface area contributed by atoms with Crippen molar-refractivity contribution in [1.82, 2.24) is 5.32 Å². The Morgan fingerprint density at radius 2 is 2.36 bits per heavy atom. The van der Waals surface area contributed by atoms with Gasteiger partial charge >= 0.3 is 5.97 Å². The Kier molecular flexibility index (Phi) is 5.78. The van der Waals surface area contributed by atoms with Gasteiger partial charge in [-0.25, -0.2) is 0 Å². The molecule has 0 amide bonds. The first-order valence-corrected chi connectivity index (χ1v) is 3.79. The van der Waals surface area contributed by atoms with E-state index < -0.39 is 5.97 Å². The molecule has 1 unspecified atom stereocenters. The minimum Gasteiger partial charge on any atom is -0.481 e. The lowest BCUT2D eigenvalue weighted by molar-refractivity contribution is -0.136. The van der Waals surface area contributed by atoms with Gasteiger partial charge in [-0.1, -0.05) is 6.92 Å². The molecule has 4 N–H and O–H groups in total. The molecule has 0 aliphatic rings. The molecule has 1 atom stereocenters. The largest absolute Gasteiger partial charge is 0.481 e. The number of carboxylic acid groups (broad SMARTS) is 1. The summed E-state index contributed by atoms with van der Waals surface area (Å²) in [5, 5.41) is 11.3. The van der Waals surface area contributed by atoms with Gasteiger partial charge < -0.3 is 16.2 Å². The van der Waals surface area contributed by atoms with Crippen LogP contribution in [-0.4, -0.2) is 30.7 Å². The second-order valence-corrected chi connectivity index (χ2v) is 2.69. The van der Waals surface area contributed by atoms with E-state index in [9.17, 15) is 4.79 Å². The molecule has 66 valence electrons. The fourth-order valence-corrected chi connectivity index (χ4v) is 0.627. The summed E-state index contributed by atoms with van der Waals surface area (Å²) >= 11 is 0. The molecule has 11 heavy (non-hydrogen) atoms. The molecular weight excluding hydrogens is 144 g/mol. The first-order valence-electron chi connectivity index (χ1n) is 3.79. The van der Waals surface area contributed by atoms with Crippen LogP contribution >= 0.6 is 0 Å². The number of aliphatic carboxylic acids is 1. The van der Waals surface area contributed by atoms with Gasteiger partial charge in [0.1, 0.15) is 0 Å². The molecule has 0 aliphatic carbocycles. The van der Waals surface area contributed by atoms with E-state index in [1.165, 1.54) is 0 Å². The van der Waals surface area contributed by atoms with Crippen molar-refractivity contribution >= 4 is 5.97 Å². The van der Waals surface area contributed by atoms with Crippen LogP contribution in [0.2, 0.25) is 0 Å². The first kappa shape index (κ1) is 10.4. The van der Waals surface area contributed by atoms with E-state index in [1.54, 1.807) is 0 Å². The maximum Gasteiger partial charge on any atom is 0.304 e. The van der Waals surface area contributed by atoms with Crippen LogP contribution in [0.25, 0.3) is 0 Å². The monoisotopic (exact) mass is 160 g/mol. The highest BCUT2D eigenvalue weighted by Crippen LogP contribution is 1.86. The lowest BCUT2D eigenvalue weighted by Crippen LogP contribution is -2.27. The van der Waals surface area contributed by atoms with E-state index in [-0.39, 0.29) is 6.42 Å². The summed E-state index contributed by atoms with van der Waals surface area (Å²) in [6.45, 7) is 3.98. The molecule has 0 bridgehead atoms. The molecule has 0 saturated carbocycles. The van der Waals surface area contributed by atoms with Crippen LogP contribution in [0.3, 0.4) is 0 Å². The molecule has 0 aliphatic heterocycles. The second-order valence-electron chi connectivity index (χ2n) is 2.69. The summed E-state index contributed by atoms with van der Waals surface area (Å²) in [4.78, 5) is 10.0. The van der Waals surface area contributed by atoms with Gasteiger partial charge in [0, 0.05) is 6.54 Å². The van der Waals surface area contributed by atoms with E-state index >= 15 is 0 Å². The summed E-state index contributed by atoms with van der Waals surface area (Å²) in [5.41, 5.74) is 5.36. The van der Waals surface area contributed by atoms with Crippen LogP contribution in [-0.2, 0) is 4.79 Å². The van der Waals surface area contributed by atoms with Crippen LogP contribution < -0.4 is 11.1 Å². The Balaban J connectivity index is 3.08. The van der Waals surface area contributed by atoms with E-state index in [0.717, 1.165) is 6.54 Å². The third-order valence-corrected chi connectivity index (χ3v) is 1.41. The van der Waals surface area contributed by atoms with Gasteiger partial charge in [0.2, 0.25) is 0 Å². The topological polar surface area (TPSA) is 75.3 Å². The number of nitrogens with two attached hydrogens (primary N) is 1. The van der Waals surface area contributed by atoms with Gasteiger partial charge in [-0.3, -0.25) is 4.79 Å². The van der Waals surface area contributed by atoms with Gasteiger partial charge in [-0.05, 0) is 19.0 Å². The zero-order chi connectivity index (χ0) is 8.69. The van der Waals surface area contributed by atoms with Crippen LogP contribution in [0.4, 0.5) is 0 Å². The average Bonchev–Trinajstić information content (AvgIpc) is 1.97. The Labute approximate surface area is 66.8 Å². The van der Waals surface area contributed by atoms with Crippen molar-refractivity contribution in [3.8, 4) is 0 Å². The molecule has 4 heteroatoms. The van der Waals surface area contributed by atoms with E-state index in [1.807, 2.05) is 6.92 Å². The Hall–Kier alpha value is -0.610. The summed E-state index contributed by atoms with van der Waals surface area (Å²) < 4.78 is 0. The quantitative estimate of drug-likeness (QED) is 0.464. The van der Waals surface area contributed by atoms with Gasteiger partial charge in [-0.2, -0.15) is 0 Å². The fraction of sp³-hybridized carbons (Fsp3) is 0.857. The molecule has 0 aromatic rings. The van der Waals surface area contributed by atoms with Crippen LogP contribution in [0, 0.1) is 5.92 Å². The summed E-state index contributed by atoms with van der Waals surface area (Å²) in [7, 11) is 0. The number of hydrogen-bond donors (Lipinski definition) is 3. The SMILES string of the molecule is CC(CN)CNCCC(=O)O. The molecule has 0 fully saturated rings. The van der Waals surface area contributed by atoms with Gasteiger partial charge in [0.15, 0.2) is 0 Å². The number of carboxylic acids is 1. The zero-order valence-corrected chi connectivity index (χ0v) is 6.84. The lowest BCUT2D eigenvalue weighted by Gasteiger charge is -2.08. The van der Waals surface area contributed by atoms with Crippen LogP contribution in [0.5, 0.6) is 0 Å². The number of nitrogens with one attached hydrogen (secondary N) is 1. The van der Waals surface area contributed by atoms with Crippen molar-refractivity contribution < 1.29 is 9.90 Å².